The highest BCUT2D eigenvalue weighted by Gasteiger charge is 2.16. The molecule has 0 radical (unpaired) electrons. The fourth-order valence-corrected chi connectivity index (χ4v) is 2.73. The fraction of sp³-hybridized carbons (Fsp3) is 0.600. The summed E-state index contributed by atoms with van der Waals surface area (Å²) in [6.45, 7) is 5.39. The van der Waals surface area contributed by atoms with Crippen LogP contribution in [0.15, 0.2) is 23.1 Å². The van der Waals surface area contributed by atoms with Crippen LogP contribution in [-0.2, 0) is 13.8 Å². The van der Waals surface area contributed by atoms with E-state index in [1.54, 1.807) is 19.2 Å². The van der Waals surface area contributed by atoms with Crippen LogP contribution in [0.4, 0.5) is 0 Å². The van der Waals surface area contributed by atoms with Gasteiger partial charge in [0.1, 0.15) is 5.75 Å². The Morgan fingerprint density at radius 1 is 1.24 bits per heavy atom. The van der Waals surface area contributed by atoms with Crippen molar-refractivity contribution < 1.29 is 17.9 Å². The van der Waals surface area contributed by atoms with E-state index < -0.39 is 9.05 Å². The van der Waals surface area contributed by atoms with Crippen LogP contribution in [0.3, 0.4) is 0 Å². The highest BCUT2D eigenvalue weighted by atomic mass is 35.7. The van der Waals surface area contributed by atoms with Crippen LogP contribution in [0.25, 0.3) is 0 Å². The molecule has 0 aromatic heterocycles. The summed E-state index contributed by atoms with van der Waals surface area (Å²) in [5.41, 5.74) is 0.881. The second-order valence-corrected chi connectivity index (χ2v) is 7.56. The molecule has 0 bridgehead atoms. The maximum absolute atomic E-state index is 11.5. The summed E-state index contributed by atoms with van der Waals surface area (Å²) in [5.74, 6) is 0.933. The third kappa shape index (κ3) is 5.85. The number of ether oxygens (including phenoxy) is 2. The largest absolute Gasteiger partial charge is 0.493 e. The van der Waals surface area contributed by atoms with Gasteiger partial charge in [-0.25, -0.2) is 8.42 Å². The summed E-state index contributed by atoms with van der Waals surface area (Å²) in [6.07, 6.45) is 2.72. The Bertz CT molecular complexity index is 543. The Morgan fingerprint density at radius 3 is 2.48 bits per heavy atom. The molecule has 4 nitrogen and oxygen atoms in total. The van der Waals surface area contributed by atoms with Crippen molar-refractivity contribution >= 4 is 19.7 Å². The van der Waals surface area contributed by atoms with Gasteiger partial charge in [0.25, 0.3) is 9.05 Å². The summed E-state index contributed by atoms with van der Waals surface area (Å²) in [4.78, 5) is 0.117. The van der Waals surface area contributed by atoms with E-state index in [9.17, 15) is 8.42 Å². The van der Waals surface area contributed by atoms with E-state index in [-0.39, 0.29) is 10.8 Å². The minimum absolute atomic E-state index is 0.117. The average molecular weight is 335 g/mol. The second-order valence-electron chi connectivity index (χ2n) is 5.00. The molecule has 0 heterocycles. The lowest BCUT2D eigenvalue weighted by atomic mass is 9.98. The maximum Gasteiger partial charge on any atom is 0.261 e. The molecule has 21 heavy (non-hydrogen) atoms. The molecule has 0 aliphatic carbocycles. The van der Waals surface area contributed by atoms with Crippen LogP contribution in [0.5, 0.6) is 5.75 Å². The van der Waals surface area contributed by atoms with Gasteiger partial charge in [0.2, 0.25) is 0 Å². The first-order valence-corrected chi connectivity index (χ1v) is 9.41. The van der Waals surface area contributed by atoms with Crippen molar-refractivity contribution in [2.45, 2.75) is 43.9 Å². The normalized spacial score (nSPS) is 13.1. The summed E-state index contributed by atoms with van der Waals surface area (Å²) in [7, 11) is 3.37. The minimum atomic E-state index is -3.72. The van der Waals surface area contributed by atoms with Crippen LogP contribution >= 0.6 is 10.7 Å². The molecule has 0 N–H and O–H groups in total. The van der Waals surface area contributed by atoms with E-state index in [1.165, 1.54) is 6.07 Å². The van der Waals surface area contributed by atoms with Crippen molar-refractivity contribution in [3.05, 3.63) is 23.8 Å². The van der Waals surface area contributed by atoms with Crippen LogP contribution < -0.4 is 4.74 Å². The van der Waals surface area contributed by atoms with E-state index in [2.05, 4.69) is 6.92 Å². The van der Waals surface area contributed by atoms with Crippen LogP contribution in [0, 0.1) is 0 Å². The van der Waals surface area contributed by atoms with E-state index in [0.717, 1.165) is 30.6 Å². The molecular weight excluding hydrogens is 312 g/mol. The molecule has 1 aromatic carbocycles. The predicted octanol–water partition coefficient (Wildman–Crippen LogP) is 3.93. The maximum atomic E-state index is 11.5. The van der Waals surface area contributed by atoms with Crippen molar-refractivity contribution in [1.82, 2.24) is 0 Å². The van der Waals surface area contributed by atoms with Crippen molar-refractivity contribution in [1.29, 1.82) is 0 Å². The molecule has 0 fully saturated rings. The van der Waals surface area contributed by atoms with Gasteiger partial charge in [-0.05, 0) is 48.9 Å². The van der Waals surface area contributed by atoms with Gasteiger partial charge in [-0.15, -0.1) is 0 Å². The number of hydrogen-bond acceptors (Lipinski definition) is 4. The smallest absolute Gasteiger partial charge is 0.261 e. The molecule has 0 saturated carbocycles. The van der Waals surface area contributed by atoms with Crippen molar-refractivity contribution in [2.75, 3.05) is 20.3 Å². The van der Waals surface area contributed by atoms with Gasteiger partial charge in [0, 0.05) is 24.4 Å². The third-order valence-corrected chi connectivity index (χ3v) is 4.76. The minimum Gasteiger partial charge on any atom is -0.493 e. The number of unbranched alkanes of at least 4 members (excludes halogenated alkanes) is 1. The van der Waals surface area contributed by atoms with Gasteiger partial charge in [-0.2, -0.15) is 0 Å². The zero-order valence-electron chi connectivity index (χ0n) is 12.8. The molecule has 0 aliphatic rings. The molecule has 0 aliphatic heterocycles. The van der Waals surface area contributed by atoms with Crippen molar-refractivity contribution in [3.63, 3.8) is 0 Å². The number of benzene rings is 1. The van der Waals surface area contributed by atoms with Crippen molar-refractivity contribution in [3.8, 4) is 5.75 Å². The number of rotatable bonds is 9. The van der Waals surface area contributed by atoms with E-state index in [4.69, 9.17) is 20.2 Å². The first-order chi connectivity index (χ1) is 9.90. The molecule has 6 heteroatoms. The summed E-state index contributed by atoms with van der Waals surface area (Å²) in [6, 6.07) is 4.78. The molecule has 0 saturated heterocycles. The van der Waals surface area contributed by atoms with Gasteiger partial charge in [0.15, 0.2) is 0 Å². The molecule has 0 spiro atoms. The summed E-state index contributed by atoms with van der Waals surface area (Å²) in [5, 5.41) is 0. The van der Waals surface area contributed by atoms with Crippen LogP contribution in [-0.4, -0.2) is 28.7 Å². The SMILES string of the molecule is CCC(C)c1cc(S(=O)(=O)Cl)ccc1OCCCCOC. The third-order valence-electron chi connectivity index (χ3n) is 3.41. The molecule has 1 aromatic rings. The van der Waals surface area contributed by atoms with Crippen LogP contribution in [0.1, 0.15) is 44.6 Å². The lowest BCUT2D eigenvalue weighted by Crippen LogP contribution is -2.05. The van der Waals surface area contributed by atoms with Crippen molar-refractivity contribution in [2.24, 2.45) is 0 Å². The van der Waals surface area contributed by atoms with Crippen LogP contribution in [0.2, 0.25) is 0 Å². The lowest BCUT2D eigenvalue weighted by molar-refractivity contribution is 0.184. The monoisotopic (exact) mass is 334 g/mol. The van der Waals surface area contributed by atoms with Gasteiger partial charge >= 0.3 is 0 Å². The van der Waals surface area contributed by atoms with E-state index >= 15 is 0 Å². The Labute approximate surface area is 131 Å². The average Bonchev–Trinajstić information content (AvgIpc) is 2.45. The summed E-state index contributed by atoms with van der Waals surface area (Å²) < 4.78 is 33.7. The molecular formula is C15H23ClO4S. The molecule has 0 amide bonds. The number of halogens is 1. The number of hydrogen-bond donors (Lipinski definition) is 0. The Morgan fingerprint density at radius 2 is 1.90 bits per heavy atom. The number of methoxy groups -OCH3 is 1. The van der Waals surface area contributed by atoms with Gasteiger partial charge in [-0.3, -0.25) is 0 Å². The quantitative estimate of drug-likeness (QED) is 0.507. The zero-order valence-corrected chi connectivity index (χ0v) is 14.3. The first-order valence-electron chi connectivity index (χ1n) is 7.10. The Hall–Kier alpha value is -0.780. The summed E-state index contributed by atoms with van der Waals surface area (Å²) >= 11 is 0. The van der Waals surface area contributed by atoms with E-state index in [0.29, 0.717) is 13.2 Å². The van der Waals surface area contributed by atoms with E-state index in [1.807, 2.05) is 6.92 Å². The highest BCUT2D eigenvalue weighted by Crippen LogP contribution is 2.32. The lowest BCUT2D eigenvalue weighted by Gasteiger charge is -2.16. The van der Waals surface area contributed by atoms with Gasteiger partial charge in [0.05, 0.1) is 11.5 Å². The van der Waals surface area contributed by atoms with Gasteiger partial charge in [-0.1, -0.05) is 13.8 Å². The Balaban J connectivity index is 2.87. The molecule has 1 atom stereocenters. The highest BCUT2D eigenvalue weighted by molar-refractivity contribution is 8.13. The van der Waals surface area contributed by atoms with Gasteiger partial charge < -0.3 is 9.47 Å². The first kappa shape index (κ1) is 18.3. The molecule has 120 valence electrons. The Kier molecular flexibility index (Phi) is 7.49. The zero-order chi connectivity index (χ0) is 15.9. The fourth-order valence-electron chi connectivity index (χ4n) is 1.95. The topological polar surface area (TPSA) is 52.6 Å². The standard InChI is InChI=1S/C15H23ClO4S/c1-4-12(2)14-11-13(21(16,17)18)7-8-15(14)20-10-6-5-9-19-3/h7-8,11-12H,4-6,9-10H2,1-3H3. The molecule has 1 unspecified atom stereocenters. The second kappa shape index (κ2) is 8.61. The molecule has 1 rings (SSSR count). The predicted molar refractivity (Wildman–Crippen MR) is 84.8 cm³/mol.